The van der Waals surface area contributed by atoms with E-state index in [1.54, 1.807) is 0 Å². The van der Waals surface area contributed by atoms with Gasteiger partial charge in [0.2, 0.25) is 0 Å². The van der Waals surface area contributed by atoms with Crippen molar-refractivity contribution in [3.63, 3.8) is 0 Å². The van der Waals surface area contributed by atoms with Gasteiger partial charge in [-0.1, -0.05) is 12.8 Å². The van der Waals surface area contributed by atoms with Crippen molar-refractivity contribution < 1.29 is 0 Å². The average molecular weight is 269 g/mol. The molecule has 0 saturated heterocycles. The molecule has 2 atom stereocenters. The van der Waals surface area contributed by atoms with Crippen LogP contribution in [0, 0.1) is 13.8 Å². The summed E-state index contributed by atoms with van der Waals surface area (Å²) in [5.74, 6) is 0. The van der Waals surface area contributed by atoms with Gasteiger partial charge in [-0.05, 0) is 44.6 Å². The first-order valence-corrected chi connectivity index (χ1v) is 8.63. The van der Waals surface area contributed by atoms with Crippen molar-refractivity contribution in [2.45, 2.75) is 57.4 Å². The third-order valence-electron chi connectivity index (χ3n) is 3.70. The summed E-state index contributed by atoms with van der Waals surface area (Å²) in [6.45, 7) is 5.49. The maximum atomic E-state index is 3.78. The summed E-state index contributed by atoms with van der Waals surface area (Å²) in [5, 5.41) is 4.60. The molecule has 0 amide bonds. The Morgan fingerprint density at radius 2 is 2.12 bits per heavy atom. The second kappa shape index (κ2) is 6.26. The largest absolute Gasteiger partial charge is 0.309 e. The molecule has 17 heavy (non-hydrogen) atoms. The minimum absolute atomic E-state index is 0.721. The van der Waals surface area contributed by atoms with Crippen LogP contribution in [-0.2, 0) is 6.54 Å². The number of thiophene rings is 1. The molecule has 1 aromatic rings. The minimum Gasteiger partial charge on any atom is -0.309 e. The van der Waals surface area contributed by atoms with Crippen LogP contribution in [0.15, 0.2) is 6.07 Å². The molecule has 0 aromatic carbocycles. The fourth-order valence-corrected chi connectivity index (χ4v) is 4.62. The van der Waals surface area contributed by atoms with Gasteiger partial charge < -0.3 is 5.32 Å². The summed E-state index contributed by atoms with van der Waals surface area (Å²) in [5.41, 5.74) is 1.50. The van der Waals surface area contributed by atoms with Gasteiger partial charge in [0, 0.05) is 27.6 Å². The van der Waals surface area contributed by atoms with E-state index in [9.17, 15) is 0 Å². The standard InChI is InChI=1S/C14H23NS2/c1-10-8-12(11(2)17-10)9-15-13-6-4-5-7-14(13)16-3/h8,13-15H,4-7,9H2,1-3H3. The Labute approximate surface area is 113 Å². The normalized spacial score (nSPS) is 25.1. The van der Waals surface area contributed by atoms with Crippen LogP contribution in [-0.4, -0.2) is 17.5 Å². The molecule has 0 radical (unpaired) electrons. The highest BCUT2D eigenvalue weighted by Gasteiger charge is 2.23. The Kier molecular flexibility index (Phi) is 4.95. The van der Waals surface area contributed by atoms with Gasteiger partial charge in [-0.2, -0.15) is 11.8 Å². The Hall–Kier alpha value is 0.01000. The molecular formula is C14H23NS2. The van der Waals surface area contributed by atoms with Gasteiger partial charge in [0.15, 0.2) is 0 Å². The van der Waals surface area contributed by atoms with Gasteiger partial charge in [-0.25, -0.2) is 0 Å². The summed E-state index contributed by atoms with van der Waals surface area (Å²) in [7, 11) is 0. The van der Waals surface area contributed by atoms with E-state index in [4.69, 9.17) is 0 Å². The van der Waals surface area contributed by atoms with Gasteiger partial charge in [0.05, 0.1) is 0 Å². The number of rotatable bonds is 4. The van der Waals surface area contributed by atoms with Crippen molar-refractivity contribution in [3.8, 4) is 0 Å². The molecule has 96 valence electrons. The molecule has 3 heteroatoms. The summed E-state index contributed by atoms with van der Waals surface area (Å²) in [6.07, 6.45) is 7.81. The molecular weight excluding hydrogens is 246 g/mol. The lowest BCUT2D eigenvalue weighted by Gasteiger charge is -2.31. The zero-order valence-corrected chi connectivity index (χ0v) is 12.7. The lowest BCUT2D eigenvalue weighted by Crippen LogP contribution is -2.39. The van der Waals surface area contributed by atoms with Crippen molar-refractivity contribution in [2.75, 3.05) is 6.26 Å². The first-order valence-electron chi connectivity index (χ1n) is 6.53. The molecule has 1 aliphatic rings. The van der Waals surface area contributed by atoms with Crippen LogP contribution < -0.4 is 5.32 Å². The van der Waals surface area contributed by atoms with Gasteiger partial charge in [0.1, 0.15) is 0 Å². The summed E-state index contributed by atoms with van der Waals surface area (Å²) < 4.78 is 0. The van der Waals surface area contributed by atoms with Crippen LogP contribution in [0.5, 0.6) is 0 Å². The summed E-state index contributed by atoms with van der Waals surface area (Å²) in [6, 6.07) is 3.06. The van der Waals surface area contributed by atoms with E-state index in [2.05, 4.69) is 31.5 Å². The van der Waals surface area contributed by atoms with E-state index in [1.807, 2.05) is 23.1 Å². The van der Waals surface area contributed by atoms with Crippen LogP contribution >= 0.6 is 23.1 Å². The topological polar surface area (TPSA) is 12.0 Å². The maximum Gasteiger partial charge on any atom is 0.0219 e. The third kappa shape index (κ3) is 3.49. The number of aryl methyl sites for hydroxylation is 2. The van der Waals surface area contributed by atoms with E-state index >= 15 is 0 Å². The minimum atomic E-state index is 0.721. The third-order valence-corrected chi connectivity index (χ3v) is 5.88. The van der Waals surface area contributed by atoms with Crippen molar-refractivity contribution >= 4 is 23.1 Å². The molecule has 1 aromatic heterocycles. The molecule has 0 spiro atoms. The van der Waals surface area contributed by atoms with Crippen LogP contribution in [0.4, 0.5) is 0 Å². The average Bonchev–Trinajstić information content (AvgIpc) is 2.65. The van der Waals surface area contributed by atoms with E-state index in [1.165, 1.54) is 41.0 Å². The predicted octanol–water partition coefficient (Wildman–Crippen LogP) is 4.13. The molecule has 0 aliphatic heterocycles. The highest BCUT2D eigenvalue weighted by molar-refractivity contribution is 7.99. The van der Waals surface area contributed by atoms with Crippen molar-refractivity contribution in [1.29, 1.82) is 0 Å². The molecule has 1 saturated carbocycles. The monoisotopic (exact) mass is 269 g/mol. The van der Waals surface area contributed by atoms with Crippen LogP contribution in [0.2, 0.25) is 0 Å². The zero-order chi connectivity index (χ0) is 12.3. The molecule has 2 unspecified atom stereocenters. The second-order valence-corrected chi connectivity index (χ2v) is 7.52. The molecule has 1 nitrogen and oxygen atoms in total. The second-order valence-electron chi connectivity index (χ2n) is 4.98. The molecule has 1 fully saturated rings. The van der Waals surface area contributed by atoms with Gasteiger partial charge in [-0.3, -0.25) is 0 Å². The van der Waals surface area contributed by atoms with E-state index in [0.29, 0.717) is 0 Å². The quantitative estimate of drug-likeness (QED) is 0.882. The predicted molar refractivity (Wildman–Crippen MR) is 80.2 cm³/mol. The number of thioether (sulfide) groups is 1. The molecule has 1 aliphatic carbocycles. The molecule has 0 bridgehead atoms. The Bertz CT molecular complexity index is 359. The van der Waals surface area contributed by atoms with Gasteiger partial charge in [-0.15, -0.1) is 11.3 Å². The highest BCUT2D eigenvalue weighted by atomic mass is 32.2. The van der Waals surface area contributed by atoms with Crippen molar-refractivity contribution in [1.82, 2.24) is 5.32 Å². The van der Waals surface area contributed by atoms with Crippen molar-refractivity contribution in [2.24, 2.45) is 0 Å². The fourth-order valence-electron chi connectivity index (χ4n) is 2.71. The SMILES string of the molecule is CSC1CCCCC1NCc1cc(C)sc1C. The lowest BCUT2D eigenvalue weighted by molar-refractivity contribution is 0.383. The van der Waals surface area contributed by atoms with Gasteiger partial charge >= 0.3 is 0 Å². The first-order chi connectivity index (χ1) is 8.20. The maximum absolute atomic E-state index is 3.78. The lowest BCUT2D eigenvalue weighted by atomic mass is 9.94. The van der Waals surface area contributed by atoms with Crippen LogP contribution in [0.1, 0.15) is 41.0 Å². The van der Waals surface area contributed by atoms with Crippen LogP contribution in [0.25, 0.3) is 0 Å². The number of hydrogen-bond donors (Lipinski definition) is 1. The smallest absolute Gasteiger partial charge is 0.0219 e. The number of nitrogens with one attached hydrogen (secondary N) is 1. The van der Waals surface area contributed by atoms with E-state index < -0.39 is 0 Å². The molecule has 1 heterocycles. The van der Waals surface area contributed by atoms with Gasteiger partial charge in [0.25, 0.3) is 0 Å². The molecule has 2 rings (SSSR count). The van der Waals surface area contributed by atoms with Crippen molar-refractivity contribution in [3.05, 3.63) is 21.4 Å². The Morgan fingerprint density at radius 1 is 1.35 bits per heavy atom. The Morgan fingerprint density at radius 3 is 2.76 bits per heavy atom. The first kappa shape index (κ1) is 13.4. The highest BCUT2D eigenvalue weighted by Crippen LogP contribution is 2.28. The summed E-state index contributed by atoms with van der Waals surface area (Å²) in [4.78, 5) is 2.91. The Balaban J connectivity index is 1.90. The zero-order valence-electron chi connectivity index (χ0n) is 11.1. The van der Waals surface area contributed by atoms with Crippen LogP contribution in [0.3, 0.4) is 0 Å². The number of hydrogen-bond acceptors (Lipinski definition) is 3. The molecule has 1 N–H and O–H groups in total. The fraction of sp³-hybridized carbons (Fsp3) is 0.714. The summed E-state index contributed by atoms with van der Waals surface area (Å²) >= 11 is 3.96. The van der Waals surface area contributed by atoms with E-state index in [0.717, 1.165) is 17.8 Å². The van der Waals surface area contributed by atoms with E-state index in [-0.39, 0.29) is 0 Å².